The number of nitrogens with one attached hydrogen (secondary N) is 1. The van der Waals surface area contributed by atoms with Crippen molar-refractivity contribution >= 4 is 27.0 Å². The molecule has 3 heterocycles. The molecule has 0 aliphatic carbocycles. The molecule has 18 heavy (non-hydrogen) atoms. The van der Waals surface area contributed by atoms with Crippen molar-refractivity contribution in [3.8, 4) is 11.3 Å². The van der Waals surface area contributed by atoms with Crippen molar-refractivity contribution in [2.45, 2.75) is 19.9 Å². The van der Waals surface area contributed by atoms with Gasteiger partial charge in [-0.3, -0.25) is 4.68 Å². The number of hydrogen-bond acceptors (Lipinski definition) is 2. The van der Waals surface area contributed by atoms with Gasteiger partial charge in [-0.15, -0.1) is 0 Å². The van der Waals surface area contributed by atoms with Crippen LogP contribution < -0.4 is 0 Å². The molecule has 0 spiro atoms. The van der Waals surface area contributed by atoms with Gasteiger partial charge in [0.05, 0.1) is 4.47 Å². The van der Waals surface area contributed by atoms with Crippen LogP contribution in [0.3, 0.4) is 0 Å². The summed E-state index contributed by atoms with van der Waals surface area (Å²) in [6, 6.07) is 4.45. The molecule has 0 atom stereocenters. The summed E-state index contributed by atoms with van der Waals surface area (Å²) in [5.74, 6) is 0. The van der Waals surface area contributed by atoms with Gasteiger partial charge >= 0.3 is 0 Å². The highest BCUT2D eigenvalue weighted by molar-refractivity contribution is 9.10. The zero-order valence-electron chi connectivity index (χ0n) is 10.2. The first-order valence-electron chi connectivity index (χ1n) is 5.83. The molecule has 3 rings (SSSR count). The van der Waals surface area contributed by atoms with E-state index in [2.05, 4.69) is 50.9 Å². The molecular formula is C13H13BrN4. The van der Waals surface area contributed by atoms with Gasteiger partial charge in [0.15, 0.2) is 0 Å². The van der Waals surface area contributed by atoms with Gasteiger partial charge in [0.1, 0.15) is 11.3 Å². The van der Waals surface area contributed by atoms with E-state index >= 15 is 0 Å². The number of aromatic amines is 1. The highest BCUT2D eigenvalue weighted by Gasteiger charge is 2.11. The van der Waals surface area contributed by atoms with Crippen molar-refractivity contribution in [2.75, 3.05) is 0 Å². The van der Waals surface area contributed by atoms with E-state index in [0.717, 1.165) is 26.8 Å². The topological polar surface area (TPSA) is 46.5 Å². The average molecular weight is 305 g/mol. The van der Waals surface area contributed by atoms with Crippen LogP contribution in [-0.4, -0.2) is 19.7 Å². The first-order valence-corrected chi connectivity index (χ1v) is 6.62. The molecule has 0 fully saturated rings. The van der Waals surface area contributed by atoms with E-state index in [1.165, 1.54) is 0 Å². The van der Waals surface area contributed by atoms with Crippen LogP contribution in [0.5, 0.6) is 0 Å². The third kappa shape index (κ3) is 1.84. The fraction of sp³-hybridized carbons (Fsp3) is 0.231. The molecule has 0 aromatic carbocycles. The van der Waals surface area contributed by atoms with E-state index in [4.69, 9.17) is 0 Å². The Kier molecular flexibility index (Phi) is 2.70. The molecular weight excluding hydrogens is 292 g/mol. The SMILES string of the molecule is CC(C)n1cc(Br)c(-c2cnc3[nH]ccc3c2)n1. The van der Waals surface area contributed by atoms with Crippen molar-refractivity contribution in [3.05, 3.63) is 35.2 Å². The minimum absolute atomic E-state index is 0.346. The Morgan fingerprint density at radius 1 is 1.39 bits per heavy atom. The Labute approximate surface area is 113 Å². The third-order valence-electron chi connectivity index (χ3n) is 2.89. The summed E-state index contributed by atoms with van der Waals surface area (Å²) in [4.78, 5) is 7.47. The van der Waals surface area contributed by atoms with E-state index in [1.807, 2.05) is 29.3 Å². The molecule has 3 aromatic rings. The molecule has 92 valence electrons. The Bertz CT molecular complexity index is 696. The van der Waals surface area contributed by atoms with Crippen molar-refractivity contribution in [3.63, 3.8) is 0 Å². The second-order valence-corrected chi connectivity index (χ2v) is 5.39. The van der Waals surface area contributed by atoms with Crippen LogP contribution in [0.1, 0.15) is 19.9 Å². The number of pyridine rings is 1. The summed E-state index contributed by atoms with van der Waals surface area (Å²) in [5, 5.41) is 5.69. The summed E-state index contributed by atoms with van der Waals surface area (Å²) in [6.07, 6.45) is 5.74. The maximum atomic E-state index is 4.59. The lowest BCUT2D eigenvalue weighted by molar-refractivity contribution is 0.534. The Morgan fingerprint density at radius 3 is 2.94 bits per heavy atom. The fourth-order valence-corrected chi connectivity index (χ4v) is 2.42. The second-order valence-electron chi connectivity index (χ2n) is 4.54. The normalized spacial score (nSPS) is 11.6. The molecule has 4 nitrogen and oxygen atoms in total. The molecule has 0 amide bonds. The zero-order chi connectivity index (χ0) is 12.7. The van der Waals surface area contributed by atoms with Gasteiger partial charge in [-0.1, -0.05) is 0 Å². The number of nitrogens with zero attached hydrogens (tertiary/aromatic N) is 3. The molecule has 0 bridgehead atoms. The molecule has 3 aromatic heterocycles. The summed E-state index contributed by atoms with van der Waals surface area (Å²) in [7, 11) is 0. The third-order valence-corrected chi connectivity index (χ3v) is 3.47. The fourth-order valence-electron chi connectivity index (χ4n) is 1.90. The number of hydrogen-bond donors (Lipinski definition) is 1. The molecule has 0 saturated carbocycles. The first kappa shape index (κ1) is 11.5. The predicted octanol–water partition coefficient (Wildman–Crippen LogP) is 3.77. The highest BCUT2D eigenvalue weighted by atomic mass is 79.9. The van der Waals surface area contributed by atoms with Crippen molar-refractivity contribution < 1.29 is 0 Å². The highest BCUT2D eigenvalue weighted by Crippen LogP contribution is 2.28. The monoisotopic (exact) mass is 304 g/mol. The molecule has 0 aliphatic rings. The standard InChI is InChI=1S/C13H13BrN4/c1-8(2)18-7-11(14)12(17-18)10-5-9-3-4-15-13(9)16-6-10/h3-8H,1-2H3,(H,15,16). The van der Waals surface area contributed by atoms with Crippen LogP contribution in [0.4, 0.5) is 0 Å². The maximum absolute atomic E-state index is 4.59. The van der Waals surface area contributed by atoms with Crippen LogP contribution in [0.2, 0.25) is 0 Å². The van der Waals surface area contributed by atoms with Crippen LogP contribution in [0, 0.1) is 0 Å². The Hall–Kier alpha value is -1.62. The molecule has 0 saturated heterocycles. The lowest BCUT2D eigenvalue weighted by Gasteiger charge is -2.03. The molecule has 0 radical (unpaired) electrons. The van der Waals surface area contributed by atoms with Gasteiger partial charge in [0.2, 0.25) is 0 Å². The largest absolute Gasteiger partial charge is 0.346 e. The molecule has 0 unspecified atom stereocenters. The average Bonchev–Trinajstić information content (AvgIpc) is 2.93. The lowest BCUT2D eigenvalue weighted by Crippen LogP contribution is -2.00. The van der Waals surface area contributed by atoms with Crippen molar-refractivity contribution in [1.82, 2.24) is 19.7 Å². The summed E-state index contributed by atoms with van der Waals surface area (Å²) >= 11 is 3.56. The maximum Gasteiger partial charge on any atom is 0.137 e. The van der Waals surface area contributed by atoms with E-state index in [-0.39, 0.29) is 0 Å². The van der Waals surface area contributed by atoms with E-state index in [9.17, 15) is 0 Å². The van der Waals surface area contributed by atoms with Crippen molar-refractivity contribution in [2.24, 2.45) is 0 Å². The smallest absolute Gasteiger partial charge is 0.137 e. The zero-order valence-corrected chi connectivity index (χ0v) is 11.8. The Morgan fingerprint density at radius 2 is 2.22 bits per heavy atom. The predicted molar refractivity (Wildman–Crippen MR) is 75.4 cm³/mol. The number of aromatic nitrogens is 4. The quantitative estimate of drug-likeness (QED) is 0.783. The van der Waals surface area contributed by atoms with Gasteiger partial charge in [-0.25, -0.2) is 4.98 Å². The van der Waals surface area contributed by atoms with Gasteiger partial charge in [-0.2, -0.15) is 5.10 Å². The van der Waals surface area contributed by atoms with Gasteiger partial charge in [-0.05, 0) is 41.9 Å². The van der Waals surface area contributed by atoms with Gasteiger partial charge < -0.3 is 4.98 Å². The molecule has 5 heteroatoms. The summed E-state index contributed by atoms with van der Waals surface area (Å²) in [5.41, 5.74) is 2.85. The molecule has 1 N–H and O–H groups in total. The van der Waals surface area contributed by atoms with Gasteiger partial charge in [0.25, 0.3) is 0 Å². The lowest BCUT2D eigenvalue weighted by atomic mass is 10.2. The van der Waals surface area contributed by atoms with Crippen LogP contribution in [0.15, 0.2) is 35.2 Å². The van der Waals surface area contributed by atoms with E-state index in [0.29, 0.717) is 6.04 Å². The van der Waals surface area contributed by atoms with Gasteiger partial charge in [0, 0.05) is 35.6 Å². The minimum atomic E-state index is 0.346. The van der Waals surface area contributed by atoms with E-state index < -0.39 is 0 Å². The number of rotatable bonds is 2. The molecule has 0 aliphatic heterocycles. The first-order chi connectivity index (χ1) is 8.65. The number of fused-ring (bicyclic) bond motifs is 1. The summed E-state index contributed by atoms with van der Waals surface area (Å²) in [6.45, 7) is 4.22. The van der Waals surface area contributed by atoms with E-state index in [1.54, 1.807) is 0 Å². The number of H-pyrrole nitrogens is 1. The van der Waals surface area contributed by atoms with Crippen molar-refractivity contribution in [1.29, 1.82) is 0 Å². The van der Waals surface area contributed by atoms with Crippen LogP contribution in [0.25, 0.3) is 22.3 Å². The minimum Gasteiger partial charge on any atom is -0.346 e. The summed E-state index contributed by atoms with van der Waals surface area (Å²) < 4.78 is 2.94. The second kappa shape index (κ2) is 4.24. The number of halogens is 1. The van der Waals surface area contributed by atoms with Crippen LogP contribution in [-0.2, 0) is 0 Å². The van der Waals surface area contributed by atoms with Crippen LogP contribution >= 0.6 is 15.9 Å². The Balaban J connectivity index is 2.13.